The Morgan fingerprint density at radius 3 is 2.40 bits per heavy atom. The molecule has 3 amide bonds. The molecule has 2 atom stereocenters. The quantitative estimate of drug-likeness (QED) is 0.169. The number of carbonyl (C=O) groups is 4. The van der Waals surface area contributed by atoms with E-state index in [-0.39, 0.29) is 31.4 Å². The molecule has 282 valence electrons. The van der Waals surface area contributed by atoms with E-state index in [4.69, 9.17) is 9.47 Å². The van der Waals surface area contributed by atoms with Crippen LogP contribution in [0.1, 0.15) is 60.2 Å². The lowest BCUT2D eigenvalue weighted by Gasteiger charge is -2.36. The van der Waals surface area contributed by atoms with Crippen molar-refractivity contribution in [3.8, 4) is 5.75 Å². The summed E-state index contributed by atoms with van der Waals surface area (Å²) >= 11 is 0. The summed E-state index contributed by atoms with van der Waals surface area (Å²) < 4.78 is 58.7. The first-order valence-corrected chi connectivity index (χ1v) is 17.5. The van der Waals surface area contributed by atoms with Gasteiger partial charge in [0.2, 0.25) is 0 Å². The zero-order valence-corrected chi connectivity index (χ0v) is 29.6. The van der Waals surface area contributed by atoms with Crippen molar-refractivity contribution < 1.29 is 56.2 Å². The van der Waals surface area contributed by atoms with Crippen LogP contribution in [0, 0.1) is 5.92 Å². The highest BCUT2D eigenvalue weighted by atomic mass is 19.4. The zero-order chi connectivity index (χ0) is 38.1. The van der Waals surface area contributed by atoms with Crippen molar-refractivity contribution in [2.24, 2.45) is 10.9 Å². The smallest absolute Gasteiger partial charge is 0.484 e. The number of ether oxygens (including phenoxy) is 3. The highest BCUT2D eigenvalue weighted by molar-refractivity contribution is 6.21. The summed E-state index contributed by atoms with van der Waals surface area (Å²) in [7, 11) is 0. The van der Waals surface area contributed by atoms with Gasteiger partial charge in [-0.3, -0.25) is 24.3 Å². The van der Waals surface area contributed by atoms with E-state index in [1.54, 1.807) is 43.3 Å². The average molecular weight is 741 g/mol. The number of imidazole rings is 1. The van der Waals surface area contributed by atoms with Gasteiger partial charge in [0, 0.05) is 44.5 Å². The van der Waals surface area contributed by atoms with Crippen LogP contribution >= 0.6 is 0 Å². The predicted octanol–water partition coefficient (Wildman–Crippen LogP) is 3.59. The molecule has 0 saturated carbocycles. The Morgan fingerprint density at radius 1 is 1.09 bits per heavy atom. The number of halogens is 3. The molecule has 4 heterocycles. The van der Waals surface area contributed by atoms with Gasteiger partial charge < -0.3 is 24.2 Å². The number of nitrogens with zero attached hydrogens (tertiary/aromatic N) is 5. The summed E-state index contributed by atoms with van der Waals surface area (Å²) in [5.74, 6) is -2.84. The highest BCUT2D eigenvalue weighted by Crippen LogP contribution is 2.31. The minimum absolute atomic E-state index is 0.0535. The van der Waals surface area contributed by atoms with Crippen LogP contribution in [0.5, 0.6) is 5.75 Å². The molecule has 3 aromatic rings. The fourth-order valence-corrected chi connectivity index (χ4v) is 6.96. The maximum atomic E-state index is 13.4. The van der Waals surface area contributed by atoms with E-state index in [0.717, 1.165) is 48.9 Å². The van der Waals surface area contributed by atoms with Crippen molar-refractivity contribution in [3.05, 3.63) is 71.3 Å². The monoisotopic (exact) mass is 740 g/mol. The third kappa shape index (κ3) is 7.55. The summed E-state index contributed by atoms with van der Waals surface area (Å²) in [6.07, 6.45) is -1.44. The maximum absolute atomic E-state index is 13.4. The highest BCUT2D eigenvalue weighted by Gasteiger charge is 2.47. The zero-order valence-electron chi connectivity index (χ0n) is 29.6. The van der Waals surface area contributed by atoms with Gasteiger partial charge in [-0.2, -0.15) is 13.2 Å². The van der Waals surface area contributed by atoms with Crippen LogP contribution in [0.2, 0.25) is 0 Å². The lowest BCUT2D eigenvalue weighted by molar-refractivity contribution is -0.687. The van der Waals surface area contributed by atoms with Crippen molar-refractivity contribution in [1.82, 2.24) is 14.4 Å². The van der Waals surface area contributed by atoms with Gasteiger partial charge in [0.25, 0.3) is 23.5 Å². The van der Waals surface area contributed by atoms with Crippen LogP contribution in [0.15, 0.2) is 59.3 Å². The second kappa shape index (κ2) is 15.1. The molecule has 1 aromatic heterocycles. The first-order valence-electron chi connectivity index (χ1n) is 17.5. The van der Waals surface area contributed by atoms with Crippen molar-refractivity contribution in [2.75, 3.05) is 32.9 Å². The lowest BCUT2D eigenvalue weighted by atomic mass is 9.91. The van der Waals surface area contributed by atoms with Crippen LogP contribution in [0.3, 0.4) is 0 Å². The summed E-state index contributed by atoms with van der Waals surface area (Å²) in [6, 6.07) is 11.1. The molecule has 0 radical (unpaired) electrons. The molecule has 2 aromatic carbocycles. The molecule has 3 aliphatic rings. The molecule has 0 spiro atoms. The summed E-state index contributed by atoms with van der Waals surface area (Å²) in [5.41, 5.74) is 0.269. The summed E-state index contributed by atoms with van der Waals surface area (Å²) in [6.45, 7) is 6.89. The van der Waals surface area contributed by atoms with Crippen LogP contribution in [-0.4, -0.2) is 100 Å². The van der Waals surface area contributed by atoms with E-state index in [1.807, 2.05) is 17.6 Å². The number of fused-ring (bicyclic) bond motifs is 2. The third-order valence-corrected chi connectivity index (χ3v) is 9.99. The largest absolute Gasteiger partial charge is 0.491 e. The number of carbonyl (C=O) groups excluding carboxylic acids is 4. The summed E-state index contributed by atoms with van der Waals surface area (Å²) in [5, 5.41) is 11.0. The number of likely N-dealkylation sites (N-methyl/N-ethyl adjacent to an activating group) is 1. The van der Waals surface area contributed by atoms with Crippen molar-refractivity contribution in [3.63, 3.8) is 0 Å². The van der Waals surface area contributed by atoms with E-state index in [1.165, 1.54) is 9.80 Å². The van der Waals surface area contributed by atoms with Crippen LogP contribution < -0.4 is 9.30 Å². The Balaban J connectivity index is 1.21. The number of aryl methyl sites for hydroxylation is 1. The van der Waals surface area contributed by atoms with Gasteiger partial charge in [-0.15, -0.1) is 0 Å². The number of aliphatic imine (C=N–C) groups is 1. The number of hydrogen-bond acceptors (Lipinski definition) is 9. The van der Waals surface area contributed by atoms with Crippen LogP contribution in [0.25, 0.3) is 11.0 Å². The van der Waals surface area contributed by atoms with E-state index in [0.29, 0.717) is 49.1 Å². The number of allylic oxidation sites excluding steroid dienone is 1. The average Bonchev–Trinajstić information content (AvgIpc) is 3.56. The second-order valence-electron chi connectivity index (χ2n) is 13.3. The number of esters is 1. The summed E-state index contributed by atoms with van der Waals surface area (Å²) in [4.78, 5) is 58.4. The van der Waals surface area contributed by atoms with Crippen molar-refractivity contribution in [2.45, 2.75) is 71.1 Å². The Kier molecular flexibility index (Phi) is 10.7. The molecule has 0 aliphatic carbocycles. The molecule has 16 heteroatoms. The molecule has 2 unspecified atom stereocenters. The first kappa shape index (κ1) is 37.7. The predicted molar refractivity (Wildman–Crippen MR) is 183 cm³/mol. The molecule has 3 aliphatic heterocycles. The van der Waals surface area contributed by atoms with E-state index in [2.05, 4.69) is 14.3 Å². The van der Waals surface area contributed by atoms with Gasteiger partial charge in [0.1, 0.15) is 29.7 Å². The number of aromatic nitrogens is 2. The van der Waals surface area contributed by atoms with Gasteiger partial charge in [-0.1, -0.05) is 12.1 Å². The topological polar surface area (TPSA) is 144 Å². The Bertz CT molecular complexity index is 1950. The van der Waals surface area contributed by atoms with E-state index in [9.17, 15) is 37.5 Å². The minimum atomic E-state index is -5.27. The number of benzene rings is 2. The fourth-order valence-electron chi connectivity index (χ4n) is 6.96. The van der Waals surface area contributed by atoms with Crippen LogP contribution in [-0.2, 0) is 38.7 Å². The van der Waals surface area contributed by atoms with Gasteiger partial charge in [0.15, 0.2) is 17.6 Å². The van der Waals surface area contributed by atoms with Crippen molar-refractivity contribution >= 4 is 40.9 Å². The number of imide groups is 1. The second-order valence-corrected chi connectivity index (χ2v) is 13.3. The lowest BCUT2D eigenvalue weighted by Crippen LogP contribution is -2.51. The Labute approximate surface area is 303 Å². The number of hydrogen-bond donors (Lipinski definition) is 1. The fraction of sp³-hybridized carbons (Fsp3) is 0.459. The number of rotatable bonds is 12. The number of aliphatic hydroxyl groups is 1. The van der Waals surface area contributed by atoms with E-state index < -0.39 is 42.1 Å². The van der Waals surface area contributed by atoms with Crippen LogP contribution in [0.4, 0.5) is 13.2 Å². The van der Waals surface area contributed by atoms with Crippen molar-refractivity contribution in [1.29, 1.82) is 0 Å². The van der Waals surface area contributed by atoms with E-state index >= 15 is 0 Å². The molecule has 1 saturated heterocycles. The third-order valence-electron chi connectivity index (χ3n) is 9.99. The molecule has 0 bridgehead atoms. The Morgan fingerprint density at radius 2 is 1.77 bits per heavy atom. The Hall–Kier alpha value is -5.09. The molecule has 13 nitrogen and oxygen atoms in total. The molecular weight excluding hydrogens is 699 g/mol. The SMILES string of the molecule is CCN(CC1N=CC=C(OC(=O)C(F)(F)F)C1(C)O)C(=O)COc1ccc2c(c1)n(CC)c(CN1C(=O)c3ccccc3C1=O)[n+]2CC1CCOCC1. The number of dihydropyridines is 1. The number of alkyl halides is 3. The molecule has 1 fully saturated rings. The normalized spacial score (nSPS) is 20.5. The first-order chi connectivity index (χ1) is 25.2. The van der Waals surface area contributed by atoms with Gasteiger partial charge in [-0.25, -0.2) is 13.9 Å². The van der Waals surface area contributed by atoms with Gasteiger partial charge in [-0.05, 0) is 64.0 Å². The molecule has 6 rings (SSSR count). The maximum Gasteiger partial charge on any atom is 0.491 e. The molecular formula is C37H41F3N5O8+. The molecule has 53 heavy (non-hydrogen) atoms. The minimum Gasteiger partial charge on any atom is -0.484 e. The van der Waals surface area contributed by atoms with Gasteiger partial charge >= 0.3 is 12.1 Å². The number of amides is 3. The van der Waals surface area contributed by atoms with Gasteiger partial charge in [0.05, 0.1) is 24.2 Å². The standard InChI is InChI=1S/C37H41F3N5O8/c1-4-42(20-29-36(3,50)30(12-15-41-29)53-35(49)37(38,39)40)32(46)22-52-24-10-11-27-28(18-24)43(5-2)31(44(27)19-23-13-16-51-17-14-23)21-45-33(47)25-8-6-7-9-26(25)34(45)48/h6-12,15,18,23,29,50H,4-5,13-14,16-17,19-22H2,1-3H3/q+1. The molecule has 1 N–H and O–H groups in total.